The summed E-state index contributed by atoms with van der Waals surface area (Å²) < 4.78 is 0. The second-order valence-corrected chi connectivity index (χ2v) is 22.4. The van der Waals surface area contributed by atoms with Crippen molar-refractivity contribution in [2.45, 2.75) is 195 Å². The zero-order valence-electron chi connectivity index (χ0n) is 35.9. The molecule has 0 radical (unpaired) electrons. The van der Waals surface area contributed by atoms with E-state index in [4.69, 9.17) is 0 Å². The molecule has 0 aromatic carbocycles. The summed E-state index contributed by atoms with van der Waals surface area (Å²) in [6, 6.07) is 0. The first-order chi connectivity index (χ1) is 25.5. The zero-order valence-corrected chi connectivity index (χ0v) is 40.3. The van der Waals surface area contributed by atoms with Gasteiger partial charge in [-0.15, -0.1) is 0 Å². The third-order valence-corrected chi connectivity index (χ3v) is 20.4. The molecule has 55 heavy (non-hydrogen) atoms. The maximum atomic E-state index is 10.9. The molecular weight excluding hydrogens is 810 g/mol. The average Bonchev–Trinajstić information content (AvgIpc) is 3.67. The number of hydrogen-bond acceptors (Lipinski definition) is 6. The number of carbonyl (C=O) groups is 2. The van der Waals surface area contributed by atoms with Gasteiger partial charge in [0.2, 0.25) is 0 Å². The van der Waals surface area contributed by atoms with Crippen LogP contribution in [0.1, 0.15) is 183 Å². The van der Waals surface area contributed by atoms with Crippen LogP contribution < -0.4 is 10.2 Å². The van der Waals surface area contributed by atoms with Gasteiger partial charge in [0.05, 0.1) is 12.2 Å². The van der Waals surface area contributed by atoms with Gasteiger partial charge >= 0.3 is 48.9 Å². The zero-order chi connectivity index (χ0) is 38.8. The maximum absolute atomic E-state index is 10.9. The standard InChI is InChI=1S/2C24H40O3.Ba/c2*1-15(4-9-22(26)27)19-7-8-20-18-6-5-16-14-17(25)10-12-23(16,2)21(18)11-13-24(19,20)3;/h2*15-21,25H,4-14H2,1-3H3,(H,26,27);/q;;+2/p-2/t2*15-,16?,17-,18+,19-,20+,21+,23+,24-;/m11./s1. The molecule has 0 aromatic rings. The molecule has 8 fully saturated rings. The monoisotopic (exact) mass is 888 g/mol. The molecule has 0 amide bonds. The van der Waals surface area contributed by atoms with Crippen molar-refractivity contribution < 1.29 is 30.0 Å². The Kier molecular flexibility index (Phi) is 14.2. The minimum absolute atomic E-state index is 0. The van der Waals surface area contributed by atoms with Crippen LogP contribution in [0.4, 0.5) is 0 Å². The van der Waals surface area contributed by atoms with Crippen molar-refractivity contribution in [2.75, 3.05) is 0 Å². The molecule has 0 heterocycles. The van der Waals surface area contributed by atoms with Crippen LogP contribution in [0.2, 0.25) is 0 Å². The van der Waals surface area contributed by atoms with E-state index in [1.54, 1.807) is 0 Å². The number of hydrogen-bond donors (Lipinski definition) is 2. The molecule has 0 saturated heterocycles. The second-order valence-electron chi connectivity index (χ2n) is 22.4. The summed E-state index contributed by atoms with van der Waals surface area (Å²) >= 11 is 0. The fourth-order valence-electron chi connectivity index (χ4n) is 17.5. The van der Waals surface area contributed by atoms with Crippen molar-refractivity contribution in [3.8, 4) is 0 Å². The summed E-state index contributed by atoms with van der Waals surface area (Å²) in [5.74, 6) is 7.09. The van der Waals surface area contributed by atoms with Gasteiger partial charge in [0, 0.05) is 11.9 Å². The Labute approximate surface area is 375 Å². The summed E-state index contributed by atoms with van der Waals surface area (Å²) in [6.07, 6.45) is 24.3. The Hall–Kier alpha value is 0.431. The first-order valence-corrected chi connectivity index (χ1v) is 23.3. The van der Waals surface area contributed by atoms with Gasteiger partial charge in [-0.05, 0) is 234 Å². The van der Waals surface area contributed by atoms with Crippen molar-refractivity contribution in [3.05, 3.63) is 0 Å². The van der Waals surface area contributed by atoms with Crippen molar-refractivity contribution in [1.29, 1.82) is 0 Å². The van der Waals surface area contributed by atoms with Crippen LogP contribution >= 0.6 is 0 Å². The fraction of sp³-hybridized carbons (Fsp3) is 0.958. The number of carbonyl (C=O) groups excluding carboxylic acids is 2. The van der Waals surface area contributed by atoms with Gasteiger partial charge in [-0.25, -0.2) is 0 Å². The minimum atomic E-state index is -0.893. The molecule has 0 spiro atoms. The number of aliphatic hydroxyl groups is 2. The molecule has 7 heteroatoms. The van der Waals surface area contributed by atoms with Gasteiger partial charge in [0.1, 0.15) is 0 Å². The van der Waals surface area contributed by atoms with Gasteiger partial charge < -0.3 is 30.0 Å². The van der Waals surface area contributed by atoms with E-state index in [1.807, 2.05) is 0 Å². The minimum Gasteiger partial charge on any atom is -0.550 e. The van der Waals surface area contributed by atoms with Crippen LogP contribution in [0.3, 0.4) is 0 Å². The van der Waals surface area contributed by atoms with E-state index < -0.39 is 11.9 Å². The summed E-state index contributed by atoms with van der Waals surface area (Å²) in [5.41, 5.74) is 1.71. The van der Waals surface area contributed by atoms with Crippen LogP contribution in [-0.2, 0) is 9.59 Å². The Bertz CT molecular complexity index is 1260. The van der Waals surface area contributed by atoms with Crippen LogP contribution in [0.15, 0.2) is 0 Å². The molecule has 308 valence electrons. The normalized spacial score (nSPS) is 49.5. The van der Waals surface area contributed by atoms with Crippen LogP contribution in [0.25, 0.3) is 0 Å². The van der Waals surface area contributed by atoms with E-state index in [0.717, 1.165) is 85.9 Å². The van der Waals surface area contributed by atoms with E-state index in [-0.39, 0.29) is 73.9 Å². The van der Waals surface area contributed by atoms with Gasteiger partial charge in [0.25, 0.3) is 0 Å². The van der Waals surface area contributed by atoms with Gasteiger partial charge in [-0.3, -0.25) is 0 Å². The molecule has 18 atom stereocenters. The fourth-order valence-corrected chi connectivity index (χ4v) is 17.5. The maximum Gasteiger partial charge on any atom is 2.00 e. The first-order valence-electron chi connectivity index (χ1n) is 23.3. The smallest absolute Gasteiger partial charge is 0.550 e. The number of rotatable bonds is 8. The SMILES string of the molecule is C[C@H](CCC(=O)[O-])[C@H]1CC[C@H]2[C@@H]3CCC4C[C@H](O)CC[C@]4(C)[C@H]3CC[C@]12C.C[C@H](CCC(=O)[O-])[C@H]1CC[C@H]2[C@@H]3CCC4C[C@H](O)CC[C@]4(C)[C@H]3CC[C@]12C.[Ba+2]. The first kappa shape index (κ1) is 45.0. The number of carboxylic acids is 2. The van der Waals surface area contributed by atoms with E-state index in [2.05, 4.69) is 41.5 Å². The predicted molar refractivity (Wildman–Crippen MR) is 215 cm³/mol. The van der Waals surface area contributed by atoms with E-state index in [1.165, 1.54) is 89.9 Å². The molecule has 8 rings (SSSR count). The quantitative estimate of drug-likeness (QED) is 0.239. The molecular formula is C48H78BaO6. The number of aliphatic carboxylic acids is 2. The van der Waals surface area contributed by atoms with Crippen LogP contribution in [0.5, 0.6) is 0 Å². The van der Waals surface area contributed by atoms with E-state index >= 15 is 0 Å². The van der Waals surface area contributed by atoms with Gasteiger partial charge in [-0.2, -0.15) is 0 Å². The molecule has 6 nitrogen and oxygen atoms in total. The molecule has 0 aliphatic heterocycles. The molecule has 2 unspecified atom stereocenters. The Morgan fingerprint density at radius 1 is 0.527 bits per heavy atom. The van der Waals surface area contributed by atoms with E-state index in [9.17, 15) is 30.0 Å². The van der Waals surface area contributed by atoms with Gasteiger partial charge in [-0.1, -0.05) is 41.5 Å². The predicted octanol–water partition coefficient (Wildman–Crippen LogP) is 7.96. The van der Waals surface area contributed by atoms with Crippen molar-refractivity contribution in [3.63, 3.8) is 0 Å². The number of carboxylic acid groups (broad SMARTS) is 2. The topological polar surface area (TPSA) is 121 Å². The van der Waals surface area contributed by atoms with Crippen LogP contribution in [-0.4, -0.2) is 83.2 Å². The summed E-state index contributed by atoms with van der Waals surface area (Å²) in [4.78, 5) is 21.9. The third-order valence-electron chi connectivity index (χ3n) is 20.4. The number of aliphatic hydroxyl groups excluding tert-OH is 2. The van der Waals surface area contributed by atoms with Crippen LogP contribution in [0, 0.1) is 92.7 Å². The van der Waals surface area contributed by atoms with Crippen molar-refractivity contribution >= 4 is 60.8 Å². The summed E-state index contributed by atoms with van der Waals surface area (Å²) in [6.45, 7) is 14.8. The van der Waals surface area contributed by atoms with Gasteiger partial charge in [0.15, 0.2) is 0 Å². The summed E-state index contributed by atoms with van der Waals surface area (Å²) in [7, 11) is 0. The third kappa shape index (κ3) is 8.28. The number of fused-ring (bicyclic) bond motifs is 10. The second kappa shape index (κ2) is 17.4. The molecule has 2 N–H and O–H groups in total. The average molecular weight is 888 g/mol. The molecule has 0 aromatic heterocycles. The Balaban J connectivity index is 0.000000184. The Morgan fingerprint density at radius 2 is 0.873 bits per heavy atom. The summed E-state index contributed by atoms with van der Waals surface area (Å²) in [5, 5.41) is 42.2. The largest absolute Gasteiger partial charge is 2.00 e. The van der Waals surface area contributed by atoms with Crippen molar-refractivity contribution in [2.24, 2.45) is 92.7 Å². The molecule has 8 aliphatic rings. The molecule has 0 bridgehead atoms. The Morgan fingerprint density at radius 3 is 1.24 bits per heavy atom. The van der Waals surface area contributed by atoms with E-state index in [0.29, 0.717) is 45.3 Å². The van der Waals surface area contributed by atoms with Crippen molar-refractivity contribution in [1.82, 2.24) is 0 Å². The molecule has 8 aliphatic carbocycles. The molecule has 8 saturated carbocycles.